The molecule has 6 nitrogen and oxygen atoms in total. The van der Waals surface area contributed by atoms with Crippen LogP contribution in [0, 0.1) is 5.92 Å². The Hall–Kier alpha value is -3.02. The maximum absolute atomic E-state index is 13.2. The molecule has 1 atom stereocenters. The fraction of sp³-hybridized carbons (Fsp3) is 0.417. The average Bonchev–Trinajstić information content (AvgIpc) is 2.75. The Kier molecular flexibility index (Phi) is 8.71. The van der Waals surface area contributed by atoms with E-state index < -0.39 is 6.04 Å². The van der Waals surface area contributed by atoms with Gasteiger partial charge in [-0.25, -0.2) is 0 Å². The van der Waals surface area contributed by atoms with Crippen molar-refractivity contribution < 1.29 is 19.1 Å². The van der Waals surface area contributed by atoms with Crippen molar-refractivity contribution >= 4 is 11.8 Å². The van der Waals surface area contributed by atoms with E-state index in [1.807, 2.05) is 69.3 Å². The molecular formula is C24H32N2O4. The maximum atomic E-state index is 13.2. The Morgan fingerprint density at radius 1 is 0.967 bits per heavy atom. The monoisotopic (exact) mass is 412 g/mol. The van der Waals surface area contributed by atoms with Crippen molar-refractivity contribution in [1.82, 2.24) is 10.2 Å². The molecule has 0 bridgehead atoms. The minimum Gasteiger partial charge on any atom is -0.493 e. The summed E-state index contributed by atoms with van der Waals surface area (Å²) in [6.07, 6.45) is 0.249. The van der Waals surface area contributed by atoms with Crippen molar-refractivity contribution in [3.63, 3.8) is 0 Å². The molecule has 0 saturated heterocycles. The Labute approximate surface area is 179 Å². The Morgan fingerprint density at radius 3 is 2.20 bits per heavy atom. The molecule has 1 unspecified atom stereocenters. The first-order chi connectivity index (χ1) is 14.4. The minimum absolute atomic E-state index is 0.0309. The van der Waals surface area contributed by atoms with Crippen LogP contribution in [-0.4, -0.2) is 43.5 Å². The van der Waals surface area contributed by atoms with Gasteiger partial charge in [-0.05, 0) is 36.1 Å². The van der Waals surface area contributed by atoms with Crippen LogP contribution in [0.25, 0.3) is 0 Å². The van der Waals surface area contributed by atoms with Crippen molar-refractivity contribution in [2.75, 3.05) is 20.8 Å². The third-order valence-corrected chi connectivity index (χ3v) is 4.97. The van der Waals surface area contributed by atoms with Crippen molar-refractivity contribution in [2.45, 2.75) is 39.8 Å². The van der Waals surface area contributed by atoms with E-state index in [1.54, 1.807) is 19.1 Å². The summed E-state index contributed by atoms with van der Waals surface area (Å²) >= 11 is 0. The van der Waals surface area contributed by atoms with Gasteiger partial charge in [-0.15, -0.1) is 0 Å². The predicted molar refractivity (Wildman–Crippen MR) is 118 cm³/mol. The number of methoxy groups -OCH3 is 2. The summed E-state index contributed by atoms with van der Waals surface area (Å²) in [5, 5.41) is 2.93. The molecule has 0 aliphatic rings. The molecule has 2 aromatic carbocycles. The van der Waals surface area contributed by atoms with Crippen LogP contribution in [-0.2, 0) is 22.6 Å². The first-order valence-electron chi connectivity index (χ1n) is 10.2. The van der Waals surface area contributed by atoms with E-state index in [0.29, 0.717) is 24.6 Å². The molecule has 0 aromatic heterocycles. The number of nitrogens with one attached hydrogen (secondary N) is 1. The van der Waals surface area contributed by atoms with E-state index in [-0.39, 0.29) is 24.2 Å². The minimum atomic E-state index is -0.582. The summed E-state index contributed by atoms with van der Waals surface area (Å²) in [5.74, 6) is 0.981. The maximum Gasteiger partial charge on any atom is 0.245 e. The first kappa shape index (κ1) is 23.3. The third-order valence-electron chi connectivity index (χ3n) is 4.97. The molecule has 2 rings (SSSR count). The van der Waals surface area contributed by atoms with Crippen LogP contribution in [0.1, 0.15) is 31.9 Å². The predicted octanol–water partition coefficient (Wildman–Crippen LogP) is 3.44. The number of nitrogens with zero attached hydrogens (tertiary/aromatic N) is 1. The highest BCUT2D eigenvalue weighted by Crippen LogP contribution is 2.28. The van der Waals surface area contributed by atoms with Gasteiger partial charge >= 0.3 is 0 Å². The van der Waals surface area contributed by atoms with E-state index in [4.69, 9.17) is 9.47 Å². The smallest absolute Gasteiger partial charge is 0.245 e. The number of hydrogen-bond acceptors (Lipinski definition) is 4. The molecule has 30 heavy (non-hydrogen) atoms. The number of rotatable bonds is 10. The fourth-order valence-electron chi connectivity index (χ4n) is 3.26. The largest absolute Gasteiger partial charge is 0.493 e. The van der Waals surface area contributed by atoms with Gasteiger partial charge in [0.2, 0.25) is 11.8 Å². The lowest BCUT2D eigenvalue weighted by Gasteiger charge is -2.29. The normalized spacial score (nSPS) is 11.7. The Morgan fingerprint density at radius 2 is 1.63 bits per heavy atom. The van der Waals surface area contributed by atoms with Crippen LogP contribution in [0.2, 0.25) is 0 Å². The molecule has 1 N–H and O–H groups in total. The molecule has 162 valence electrons. The highest BCUT2D eigenvalue weighted by atomic mass is 16.5. The summed E-state index contributed by atoms with van der Waals surface area (Å²) in [6.45, 7) is 6.77. The van der Waals surface area contributed by atoms with Gasteiger partial charge in [0.05, 0.1) is 20.6 Å². The highest BCUT2D eigenvalue weighted by Gasteiger charge is 2.28. The molecule has 6 heteroatoms. The van der Waals surface area contributed by atoms with Gasteiger partial charge in [0.15, 0.2) is 11.5 Å². The molecular weight excluding hydrogens is 380 g/mol. The molecule has 2 amide bonds. The number of carbonyl (C=O) groups excluding carboxylic acids is 2. The number of hydrogen-bond donors (Lipinski definition) is 1. The van der Waals surface area contributed by atoms with Crippen molar-refractivity contribution in [3.05, 3.63) is 59.7 Å². The van der Waals surface area contributed by atoms with Crippen LogP contribution in [0.4, 0.5) is 0 Å². The number of likely N-dealkylation sites (N-methyl/N-ethyl adjacent to an activating group) is 1. The van der Waals surface area contributed by atoms with E-state index >= 15 is 0 Å². The summed E-state index contributed by atoms with van der Waals surface area (Å²) in [5.41, 5.74) is 1.85. The highest BCUT2D eigenvalue weighted by molar-refractivity contribution is 5.88. The van der Waals surface area contributed by atoms with E-state index in [9.17, 15) is 9.59 Å². The average molecular weight is 413 g/mol. The number of amides is 2. The van der Waals surface area contributed by atoms with Crippen LogP contribution < -0.4 is 14.8 Å². The molecule has 0 heterocycles. The Balaban J connectivity index is 2.11. The molecule has 0 aliphatic heterocycles. The van der Waals surface area contributed by atoms with Gasteiger partial charge < -0.3 is 19.7 Å². The van der Waals surface area contributed by atoms with Crippen LogP contribution in [0.15, 0.2) is 48.5 Å². The van der Waals surface area contributed by atoms with E-state index in [2.05, 4.69) is 5.32 Å². The lowest BCUT2D eigenvalue weighted by atomic mass is 10.0. The third kappa shape index (κ3) is 6.24. The topological polar surface area (TPSA) is 67.9 Å². The van der Waals surface area contributed by atoms with Crippen LogP contribution in [0.5, 0.6) is 11.5 Å². The van der Waals surface area contributed by atoms with Gasteiger partial charge in [-0.1, -0.05) is 50.2 Å². The fourth-order valence-corrected chi connectivity index (χ4v) is 3.26. The van der Waals surface area contributed by atoms with Gasteiger partial charge in [-0.2, -0.15) is 0 Å². The second-order valence-electron chi connectivity index (χ2n) is 7.49. The quantitative estimate of drug-likeness (QED) is 0.649. The number of benzene rings is 2. The van der Waals surface area contributed by atoms with Crippen molar-refractivity contribution in [1.29, 1.82) is 0 Å². The number of carbonyl (C=O) groups is 2. The first-order valence-corrected chi connectivity index (χ1v) is 10.2. The standard InChI is InChI=1S/C24H32N2O4/c1-6-26(16-19-12-13-20(29-4)21(14-19)30-5)24(28)23(17(2)3)25-22(27)15-18-10-8-7-9-11-18/h7-14,17,23H,6,15-16H2,1-5H3,(H,25,27). The molecule has 0 fully saturated rings. The lowest BCUT2D eigenvalue weighted by molar-refractivity contribution is -0.138. The zero-order valence-electron chi connectivity index (χ0n) is 18.5. The zero-order valence-corrected chi connectivity index (χ0v) is 18.5. The van der Waals surface area contributed by atoms with E-state index in [0.717, 1.165) is 11.1 Å². The molecule has 0 spiro atoms. The summed E-state index contributed by atoms with van der Waals surface area (Å²) in [7, 11) is 3.17. The molecule has 2 aromatic rings. The summed E-state index contributed by atoms with van der Waals surface area (Å²) in [4.78, 5) is 27.5. The molecule has 0 saturated carbocycles. The van der Waals surface area contributed by atoms with Crippen molar-refractivity contribution in [3.8, 4) is 11.5 Å². The summed E-state index contributed by atoms with van der Waals surface area (Å²) < 4.78 is 10.6. The van der Waals surface area contributed by atoms with Crippen LogP contribution in [0.3, 0.4) is 0 Å². The number of ether oxygens (including phenoxy) is 2. The van der Waals surface area contributed by atoms with Gasteiger partial charge in [-0.3, -0.25) is 9.59 Å². The zero-order chi connectivity index (χ0) is 22.1. The molecule has 0 aliphatic carbocycles. The van der Waals surface area contributed by atoms with Crippen LogP contribution >= 0.6 is 0 Å². The second-order valence-corrected chi connectivity index (χ2v) is 7.49. The van der Waals surface area contributed by atoms with Gasteiger partial charge in [0.1, 0.15) is 6.04 Å². The van der Waals surface area contributed by atoms with Crippen molar-refractivity contribution in [2.24, 2.45) is 5.92 Å². The Bertz CT molecular complexity index is 836. The van der Waals surface area contributed by atoms with E-state index in [1.165, 1.54) is 0 Å². The second kappa shape index (κ2) is 11.2. The molecule has 0 radical (unpaired) electrons. The lowest BCUT2D eigenvalue weighted by Crippen LogP contribution is -2.51. The summed E-state index contributed by atoms with van der Waals surface area (Å²) in [6, 6.07) is 14.5. The SMILES string of the molecule is CCN(Cc1ccc(OC)c(OC)c1)C(=O)C(NC(=O)Cc1ccccc1)C(C)C. The van der Waals surface area contributed by atoms with Gasteiger partial charge in [0.25, 0.3) is 0 Å². The van der Waals surface area contributed by atoms with Gasteiger partial charge in [0, 0.05) is 13.1 Å².